The van der Waals surface area contributed by atoms with E-state index >= 15 is 0 Å². The molecule has 1 rings (SSSR count). The summed E-state index contributed by atoms with van der Waals surface area (Å²) in [4.78, 5) is 4.50. The Labute approximate surface area is 127 Å². The first kappa shape index (κ1) is 17.5. The number of nitrogens with zero attached hydrogens (tertiary/aromatic N) is 2. The van der Waals surface area contributed by atoms with Crippen molar-refractivity contribution in [3.63, 3.8) is 0 Å². The molecule has 0 spiro atoms. The average Bonchev–Trinajstić information content (AvgIpc) is 2.81. The minimum absolute atomic E-state index is 0.409. The highest BCUT2D eigenvalue weighted by atomic mass is 32.2. The maximum Gasteiger partial charge on any atom is 0.228 e. The Morgan fingerprint density at radius 1 is 1.25 bits per heavy atom. The summed E-state index contributed by atoms with van der Waals surface area (Å²) in [5.41, 5.74) is 0. The van der Waals surface area contributed by atoms with E-state index in [0.29, 0.717) is 17.9 Å². The number of hydrogen-bond donors (Lipinski definition) is 1. The first-order chi connectivity index (χ1) is 9.52. The van der Waals surface area contributed by atoms with Gasteiger partial charge in [-0.15, -0.1) is 0 Å². The normalized spacial score (nSPS) is 13.3. The van der Waals surface area contributed by atoms with Gasteiger partial charge in [-0.05, 0) is 30.6 Å². The number of rotatable bonds is 10. The molecule has 1 aromatic rings. The van der Waals surface area contributed by atoms with E-state index in [0.717, 1.165) is 42.6 Å². The second-order valence-electron chi connectivity index (χ2n) is 6.02. The van der Waals surface area contributed by atoms with Crippen molar-refractivity contribution in [2.75, 3.05) is 12.3 Å². The summed E-state index contributed by atoms with van der Waals surface area (Å²) in [5.74, 6) is 4.82. The molecule has 1 atom stereocenters. The van der Waals surface area contributed by atoms with E-state index in [2.05, 4.69) is 50.1 Å². The fourth-order valence-corrected chi connectivity index (χ4v) is 2.77. The molecule has 0 aliphatic heterocycles. The highest BCUT2D eigenvalue weighted by molar-refractivity contribution is 7.98. The molecule has 0 aliphatic carbocycles. The topological polar surface area (TPSA) is 51.0 Å². The van der Waals surface area contributed by atoms with Gasteiger partial charge in [0.15, 0.2) is 5.82 Å². The van der Waals surface area contributed by atoms with Crippen LogP contribution in [-0.2, 0) is 12.2 Å². The molecule has 0 radical (unpaired) electrons. The lowest BCUT2D eigenvalue weighted by molar-refractivity contribution is 0.325. The first-order valence-corrected chi connectivity index (χ1v) is 8.81. The summed E-state index contributed by atoms with van der Waals surface area (Å²) >= 11 is 1.87. The number of nitrogens with one attached hydrogen (secondary N) is 1. The van der Waals surface area contributed by atoms with E-state index in [1.54, 1.807) is 0 Å². The Kier molecular flexibility index (Phi) is 8.22. The first-order valence-electron chi connectivity index (χ1n) is 7.65. The van der Waals surface area contributed by atoms with Gasteiger partial charge in [0.1, 0.15) is 0 Å². The third kappa shape index (κ3) is 6.75. The van der Waals surface area contributed by atoms with Crippen molar-refractivity contribution in [2.45, 2.75) is 59.3 Å². The Balaban J connectivity index is 2.44. The molecule has 0 saturated carbocycles. The quantitative estimate of drug-likeness (QED) is 0.716. The van der Waals surface area contributed by atoms with Crippen LogP contribution in [0, 0.1) is 11.8 Å². The van der Waals surface area contributed by atoms with E-state index in [1.807, 2.05) is 11.8 Å². The van der Waals surface area contributed by atoms with Crippen LogP contribution in [0.25, 0.3) is 0 Å². The van der Waals surface area contributed by atoms with E-state index in [1.165, 1.54) is 0 Å². The van der Waals surface area contributed by atoms with Crippen LogP contribution >= 0.6 is 11.8 Å². The van der Waals surface area contributed by atoms with Crippen molar-refractivity contribution >= 4 is 11.8 Å². The summed E-state index contributed by atoms with van der Waals surface area (Å²) in [7, 11) is 0. The third-order valence-electron chi connectivity index (χ3n) is 3.05. The van der Waals surface area contributed by atoms with Gasteiger partial charge in [-0.3, -0.25) is 0 Å². The SMILES string of the molecule is CCCNC(Cc1nc(CSCC(C)C)no1)C(C)C. The fraction of sp³-hybridized carbons (Fsp3) is 0.867. The fourth-order valence-electron chi connectivity index (χ4n) is 1.88. The summed E-state index contributed by atoms with van der Waals surface area (Å²) in [6, 6.07) is 0.409. The molecule has 0 bridgehead atoms. The molecule has 116 valence electrons. The van der Waals surface area contributed by atoms with Crippen molar-refractivity contribution in [2.24, 2.45) is 11.8 Å². The summed E-state index contributed by atoms with van der Waals surface area (Å²) in [6.07, 6.45) is 1.96. The molecular formula is C15H29N3OS. The van der Waals surface area contributed by atoms with Gasteiger partial charge >= 0.3 is 0 Å². The predicted octanol–water partition coefficient (Wildman–Crippen LogP) is 3.53. The van der Waals surface area contributed by atoms with Crippen LogP contribution in [0.3, 0.4) is 0 Å². The molecule has 0 aromatic carbocycles. The van der Waals surface area contributed by atoms with Crippen LogP contribution in [0.15, 0.2) is 4.52 Å². The van der Waals surface area contributed by atoms with Gasteiger partial charge in [-0.25, -0.2) is 0 Å². The van der Waals surface area contributed by atoms with Crippen molar-refractivity contribution in [1.29, 1.82) is 0 Å². The maximum atomic E-state index is 5.37. The molecule has 1 heterocycles. The molecule has 4 nitrogen and oxygen atoms in total. The second-order valence-corrected chi connectivity index (χ2v) is 7.05. The van der Waals surface area contributed by atoms with Gasteiger partial charge in [0, 0.05) is 12.5 Å². The van der Waals surface area contributed by atoms with Gasteiger partial charge in [-0.2, -0.15) is 16.7 Å². The zero-order valence-electron chi connectivity index (χ0n) is 13.5. The molecule has 5 heteroatoms. The third-order valence-corrected chi connectivity index (χ3v) is 4.41. The minimum Gasteiger partial charge on any atom is -0.339 e. The molecule has 1 unspecified atom stereocenters. The largest absolute Gasteiger partial charge is 0.339 e. The molecular weight excluding hydrogens is 270 g/mol. The standard InChI is InChI=1S/C15H29N3OS/c1-6-7-16-13(12(4)5)8-15-17-14(18-19-15)10-20-9-11(2)3/h11-13,16H,6-10H2,1-5H3. The second kappa shape index (κ2) is 9.40. The highest BCUT2D eigenvalue weighted by Crippen LogP contribution is 2.14. The minimum atomic E-state index is 0.409. The van der Waals surface area contributed by atoms with Gasteiger partial charge < -0.3 is 9.84 Å². The van der Waals surface area contributed by atoms with E-state index in [-0.39, 0.29) is 0 Å². The lowest BCUT2D eigenvalue weighted by Gasteiger charge is -2.20. The zero-order chi connectivity index (χ0) is 15.0. The predicted molar refractivity (Wildman–Crippen MR) is 85.9 cm³/mol. The van der Waals surface area contributed by atoms with Crippen molar-refractivity contribution in [3.05, 3.63) is 11.7 Å². The van der Waals surface area contributed by atoms with E-state index < -0.39 is 0 Å². The summed E-state index contributed by atoms with van der Waals surface area (Å²) in [6.45, 7) is 12.1. The average molecular weight is 299 g/mol. The smallest absolute Gasteiger partial charge is 0.228 e. The van der Waals surface area contributed by atoms with Crippen molar-refractivity contribution < 1.29 is 4.52 Å². The Morgan fingerprint density at radius 3 is 2.60 bits per heavy atom. The Bertz CT molecular complexity index is 366. The van der Waals surface area contributed by atoms with Crippen LogP contribution in [0.5, 0.6) is 0 Å². The summed E-state index contributed by atoms with van der Waals surface area (Å²) < 4.78 is 5.37. The molecule has 0 amide bonds. The van der Waals surface area contributed by atoms with E-state index in [4.69, 9.17) is 4.52 Å². The lowest BCUT2D eigenvalue weighted by atomic mass is 10.0. The van der Waals surface area contributed by atoms with Crippen molar-refractivity contribution in [1.82, 2.24) is 15.5 Å². The molecule has 1 aromatic heterocycles. The molecule has 1 N–H and O–H groups in total. The number of aromatic nitrogens is 2. The molecule has 0 fully saturated rings. The van der Waals surface area contributed by atoms with Crippen LogP contribution in [-0.4, -0.2) is 28.5 Å². The van der Waals surface area contributed by atoms with E-state index in [9.17, 15) is 0 Å². The number of thioether (sulfide) groups is 1. The molecule has 20 heavy (non-hydrogen) atoms. The maximum absolute atomic E-state index is 5.37. The van der Waals surface area contributed by atoms with Gasteiger partial charge in [-0.1, -0.05) is 39.8 Å². The van der Waals surface area contributed by atoms with Gasteiger partial charge in [0.25, 0.3) is 0 Å². The monoisotopic (exact) mass is 299 g/mol. The Hall–Kier alpha value is -0.550. The molecule has 0 aliphatic rings. The number of hydrogen-bond acceptors (Lipinski definition) is 5. The van der Waals surface area contributed by atoms with Gasteiger partial charge in [0.05, 0.1) is 5.75 Å². The van der Waals surface area contributed by atoms with Crippen molar-refractivity contribution in [3.8, 4) is 0 Å². The van der Waals surface area contributed by atoms with Gasteiger partial charge in [0.2, 0.25) is 5.89 Å². The molecule has 0 saturated heterocycles. The zero-order valence-corrected chi connectivity index (χ0v) is 14.3. The van der Waals surface area contributed by atoms with Crippen LogP contribution in [0.4, 0.5) is 0 Å². The summed E-state index contributed by atoms with van der Waals surface area (Å²) in [5, 5.41) is 7.62. The highest BCUT2D eigenvalue weighted by Gasteiger charge is 2.17. The Morgan fingerprint density at radius 2 is 2.00 bits per heavy atom. The lowest BCUT2D eigenvalue weighted by Crippen LogP contribution is -2.36. The van der Waals surface area contributed by atoms with Crippen LogP contribution in [0.2, 0.25) is 0 Å². The van der Waals surface area contributed by atoms with Crippen LogP contribution in [0.1, 0.15) is 52.8 Å². The van der Waals surface area contributed by atoms with Crippen LogP contribution < -0.4 is 5.32 Å².